The fourth-order valence-corrected chi connectivity index (χ4v) is 2.50. The molecule has 0 spiro atoms. The van der Waals surface area contributed by atoms with Crippen molar-refractivity contribution in [3.63, 3.8) is 0 Å². The van der Waals surface area contributed by atoms with Gasteiger partial charge in [0.15, 0.2) is 0 Å². The van der Waals surface area contributed by atoms with Crippen LogP contribution in [0.4, 0.5) is 5.69 Å². The first-order valence-corrected chi connectivity index (χ1v) is 6.78. The summed E-state index contributed by atoms with van der Waals surface area (Å²) in [5.41, 5.74) is 7.22. The van der Waals surface area contributed by atoms with E-state index in [0.29, 0.717) is 29.0 Å². The maximum atomic E-state index is 12.1. The predicted octanol–water partition coefficient (Wildman–Crippen LogP) is 1.31. The average molecular weight is 303 g/mol. The molecule has 1 atom stereocenters. The number of allylic oxidation sites excluding steroid dienone is 1. The molecule has 22 heavy (non-hydrogen) atoms. The lowest BCUT2D eigenvalue weighted by molar-refractivity contribution is -0.384. The highest BCUT2D eigenvalue weighted by Gasteiger charge is 2.32. The number of non-ortho nitro benzene ring substituents is 1. The van der Waals surface area contributed by atoms with E-state index in [0.717, 1.165) is 0 Å². The van der Waals surface area contributed by atoms with E-state index in [9.17, 15) is 14.9 Å². The molecule has 1 aliphatic rings. The van der Waals surface area contributed by atoms with Gasteiger partial charge >= 0.3 is 0 Å². The number of hydrazone groups is 1. The monoisotopic (exact) mass is 303 g/mol. The molecule has 8 nitrogen and oxygen atoms in total. The van der Waals surface area contributed by atoms with Crippen molar-refractivity contribution in [2.45, 2.75) is 26.2 Å². The summed E-state index contributed by atoms with van der Waals surface area (Å²) in [7, 11) is 0. The van der Waals surface area contributed by atoms with Crippen LogP contribution in [0, 0.1) is 10.1 Å². The number of benzene rings is 1. The van der Waals surface area contributed by atoms with Crippen LogP contribution in [0.15, 0.2) is 40.6 Å². The largest absolute Gasteiger partial charge is 0.290 e. The molecule has 2 rings (SSSR count). The molecule has 1 aromatic rings. The molecule has 1 aliphatic heterocycles. The minimum atomic E-state index is -0.466. The lowest BCUT2D eigenvalue weighted by Crippen LogP contribution is -2.38. The first-order valence-electron chi connectivity index (χ1n) is 6.78. The summed E-state index contributed by atoms with van der Waals surface area (Å²) in [6, 6.07) is 6.20. The first-order chi connectivity index (χ1) is 10.5. The lowest BCUT2D eigenvalue weighted by Gasteiger charge is -2.27. The molecule has 8 heteroatoms. The van der Waals surface area contributed by atoms with Crippen LogP contribution < -0.4 is 16.7 Å². The van der Waals surface area contributed by atoms with Gasteiger partial charge in [0.2, 0.25) is 0 Å². The molecular weight excluding hydrogens is 286 g/mol. The summed E-state index contributed by atoms with van der Waals surface area (Å²) in [5.74, 6) is 4.36. The summed E-state index contributed by atoms with van der Waals surface area (Å²) >= 11 is 0. The van der Waals surface area contributed by atoms with Gasteiger partial charge in [0.25, 0.3) is 11.6 Å². The fraction of sp³-hybridized carbons (Fsp3) is 0.286. The van der Waals surface area contributed by atoms with Gasteiger partial charge < -0.3 is 0 Å². The molecular formula is C14H17N5O3. The van der Waals surface area contributed by atoms with E-state index in [1.54, 1.807) is 19.1 Å². The van der Waals surface area contributed by atoms with E-state index in [1.165, 1.54) is 12.1 Å². The van der Waals surface area contributed by atoms with E-state index in [2.05, 4.69) is 16.0 Å². The van der Waals surface area contributed by atoms with Gasteiger partial charge in [-0.15, -0.1) is 0 Å². The van der Waals surface area contributed by atoms with Gasteiger partial charge in [-0.05, 0) is 18.9 Å². The molecule has 1 aromatic carbocycles. The van der Waals surface area contributed by atoms with E-state index < -0.39 is 16.7 Å². The van der Waals surface area contributed by atoms with Crippen molar-refractivity contribution in [2.24, 2.45) is 10.9 Å². The van der Waals surface area contributed by atoms with E-state index in [4.69, 9.17) is 5.84 Å². The Morgan fingerprint density at radius 3 is 2.86 bits per heavy atom. The van der Waals surface area contributed by atoms with Crippen LogP contribution in [0.2, 0.25) is 0 Å². The molecule has 4 N–H and O–H groups in total. The number of nitrogens with two attached hydrogens (primary N) is 1. The van der Waals surface area contributed by atoms with Gasteiger partial charge in [-0.3, -0.25) is 25.8 Å². The van der Waals surface area contributed by atoms with E-state index in [-0.39, 0.29) is 5.69 Å². The van der Waals surface area contributed by atoms with Gasteiger partial charge in [-0.25, -0.2) is 5.84 Å². The van der Waals surface area contributed by atoms with Crippen molar-refractivity contribution in [1.82, 2.24) is 10.9 Å². The SMILES string of the molecule is CCC1=NNC(C)=C(C(=O)NN)C1c1cccc([N+](=O)[O-])c1. The zero-order chi connectivity index (χ0) is 16.3. The molecule has 1 heterocycles. The van der Waals surface area contributed by atoms with Crippen LogP contribution in [-0.4, -0.2) is 16.5 Å². The molecule has 0 radical (unpaired) electrons. The summed E-state index contributed by atoms with van der Waals surface area (Å²) in [4.78, 5) is 22.6. The number of hydrazine groups is 1. The third kappa shape index (κ3) is 2.82. The number of hydrogen-bond acceptors (Lipinski definition) is 6. The number of nitro benzene ring substituents is 1. The average Bonchev–Trinajstić information content (AvgIpc) is 2.53. The van der Waals surface area contributed by atoms with Gasteiger partial charge in [0.05, 0.1) is 22.1 Å². The molecule has 0 fully saturated rings. The maximum absolute atomic E-state index is 12.1. The minimum Gasteiger partial charge on any atom is -0.290 e. The Kier molecular flexibility index (Phi) is 4.52. The highest BCUT2D eigenvalue weighted by Crippen LogP contribution is 2.33. The van der Waals surface area contributed by atoms with Crippen molar-refractivity contribution in [3.8, 4) is 0 Å². The topological polar surface area (TPSA) is 123 Å². The van der Waals surface area contributed by atoms with Crippen LogP contribution >= 0.6 is 0 Å². The van der Waals surface area contributed by atoms with Gasteiger partial charge in [0.1, 0.15) is 0 Å². The van der Waals surface area contributed by atoms with Crippen molar-refractivity contribution >= 4 is 17.3 Å². The number of nitrogens with zero attached hydrogens (tertiary/aromatic N) is 2. The second kappa shape index (κ2) is 6.35. The lowest BCUT2D eigenvalue weighted by atomic mass is 9.83. The quantitative estimate of drug-likeness (QED) is 0.335. The highest BCUT2D eigenvalue weighted by atomic mass is 16.6. The minimum absolute atomic E-state index is 0.0309. The summed E-state index contributed by atoms with van der Waals surface area (Å²) < 4.78 is 0. The number of nitrogens with one attached hydrogen (secondary N) is 2. The smallest absolute Gasteiger partial charge is 0.269 e. The van der Waals surface area contributed by atoms with E-state index >= 15 is 0 Å². The maximum Gasteiger partial charge on any atom is 0.269 e. The Hall–Kier alpha value is -2.74. The van der Waals surface area contributed by atoms with Crippen LogP contribution in [0.25, 0.3) is 0 Å². The molecule has 0 bridgehead atoms. The Balaban J connectivity index is 2.57. The van der Waals surface area contributed by atoms with Crippen molar-refractivity contribution in [1.29, 1.82) is 0 Å². The Bertz CT molecular complexity index is 681. The van der Waals surface area contributed by atoms with Crippen LogP contribution in [-0.2, 0) is 4.79 Å². The van der Waals surface area contributed by atoms with Crippen molar-refractivity contribution in [3.05, 3.63) is 51.2 Å². The Labute approximate surface area is 127 Å². The second-order valence-corrected chi connectivity index (χ2v) is 4.87. The summed E-state index contributed by atoms with van der Waals surface area (Å²) in [6.07, 6.45) is 0.592. The standard InChI is InChI=1S/C14H17N5O3/c1-3-11-13(9-5-4-6-10(7-9)19(21)22)12(14(20)16-15)8(2)17-18-11/h4-7,13,17H,3,15H2,1-2H3,(H,16,20). The van der Waals surface area contributed by atoms with Gasteiger partial charge in [-0.1, -0.05) is 19.1 Å². The molecule has 116 valence electrons. The number of carbonyl (C=O) groups is 1. The van der Waals surface area contributed by atoms with Crippen molar-refractivity contribution < 1.29 is 9.72 Å². The Morgan fingerprint density at radius 1 is 1.55 bits per heavy atom. The van der Waals surface area contributed by atoms with E-state index in [1.807, 2.05) is 6.92 Å². The molecule has 0 aliphatic carbocycles. The molecule has 0 saturated carbocycles. The number of nitro groups is 1. The third-order valence-corrected chi connectivity index (χ3v) is 3.55. The molecule has 1 amide bonds. The third-order valence-electron chi connectivity index (χ3n) is 3.55. The molecule has 1 unspecified atom stereocenters. The van der Waals surface area contributed by atoms with Gasteiger partial charge in [0, 0.05) is 17.8 Å². The number of carbonyl (C=O) groups excluding carboxylic acids is 1. The number of amides is 1. The van der Waals surface area contributed by atoms with Crippen LogP contribution in [0.3, 0.4) is 0 Å². The van der Waals surface area contributed by atoms with Gasteiger partial charge in [-0.2, -0.15) is 5.10 Å². The zero-order valence-electron chi connectivity index (χ0n) is 12.3. The predicted molar refractivity (Wildman–Crippen MR) is 81.7 cm³/mol. The zero-order valence-corrected chi connectivity index (χ0v) is 12.3. The number of hydrogen-bond donors (Lipinski definition) is 3. The highest BCUT2D eigenvalue weighted by molar-refractivity contribution is 6.06. The Morgan fingerprint density at radius 2 is 2.27 bits per heavy atom. The fourth-order valence-electron chi connectivity index (χ4n) is 2.50. The molecule has 0 saturated heterocycles. The number of rotatable bonds is 4. The summed E-state index contributed by atoms with van der Waals surface area (Å²) in [6.45, 7) is 3.62. The summed E-state index contributed by atoms with van der Waals surface area (Å²) in [5, 5.41) is 15.2. The normalized spacial score (nSPS) is 17.6. The van der Waals surface area contributed by atoms with Crippen LogP contribution in [0.1, 0.15) is 31.7 Å². The first kappa shape index (κ1) is 15.6. The van der Waals surface area contributed by atoms with Crippen molar-refractivity contribution in [2.75, 3.05) is 0 Å². The van der Waals surface area contributed by atoms with Crippen LogP contribution in [0.5, 0.6) is 0 Å². The molecule has 0 aromatic heterocycles. The second-order valence-electron chi connectivity index (χ2n) is 4.87.